The van der Waals surface area contributed by atoms with Crippen LogP contribution in [0.25, 0.3) is 0 Å². The van der Waals surface area contributed by atoms with E-state index in [2.05, 4.69) is 37.8 Å². The molecular weight excluding hydrogens is 748 g/mol. The fraction of sp³-hybridized carbons (Fsp3) is 0.316. The molecule has 2 N–H and O–H groups in total. The number of nitrogens with one attached hydrogen (secondary N) is 2. The molecule has 2 atom stereocenters. The molecule has 0 heterocycles. The Bertz CT molecular complexity index is 1850. The Labute approximate surface area is 328 Å². The van der Waals surface area contributed by atoms with E-state index in [4.69, 9.17) is 9.47 Å². The van der Waals surface area contributed by atoms with Gasteiger partial charge in [-0.2, -0.15) is 4.99 Å². The van der Waals surface area contributed by atoms with Crippen molar-refractivity contribution in [3.63, 3.8) is 0 Å². The second kappa shape index (κ2) is 28.1. The number of isocyanates is 1. The van der Waals surface area contributed by atoms with Crippen molar-refractivity contribution in [2.45, 2.75) is 46.7 Å². The fourth-order valence-corrected chi connectivity index (χ4v) is 3.93. The smallest absolute Gasteiger partial charge is 0.382 e. The van der Waals surface area contributed by atoms with Gasteiger partial charge in [-0.15, -0.1) is 0 Å². The number of nitro groups is 2. The summed E-state index contributed by atoms with van der Waals surface area (Å²) in [6.45, 7) is 10.4. The normalized spacial score (nSPS) is 10.6. The Balaban J connectivity index is 0.000000783. The van der Waals surface area contributed by atoms with Crippen LogP contribution >= 0.6 is 0 Å². The van der Waals surface area contributed by atoms with Gasteiger partial charge in [0, 0.05) is 21.2 Å². The van der Waals surface area contributed by atoms with Crippen molar-refractivity contribution in [3.8, 4) is 0 Å². The van der Waals surface area contributed by atoms with Gasteiger partial charge < -0.3 is 24.8 Å². The van der Waals surface area contributed by atoms with Crippen LogP contribution in [-0.2, 0) is 43.0 Å². The number of aliphatic imine (C=N–C) groups is 2. The highest BCUT2D eigenvalue weighted by molar-refractivity contribution is 6.09. The first-order chi connectivity index (χ1) is 27.1. The number of ether oxygens (including phenoxy) is 3. The van der Waals surface area contributed by atoms with Gasteiger partial charge in [0.05, 0.1) is 25.5 Å². The van der Waals surface area contributed by atoms with E-state index in [0.29, 0.717) is 17.1 Å². The van der Waals surface area contributed by atoms with Gasteiger partial charge in [0.15, 0.2) is 0 Å². The minimum absolute atomic E-state index is 0.0135. The zero-order valence-corrected chi connectivity index (χ0v) is 31.9. The molecular formula is C38H44N6O13. The Kier molecular flexibility index (Phi) is 24.5. The second-order valence-corrected chi connectivity index (χ2v) is 11.1. The zero-order valence-electron chi connectivity index (χ0n) is 31.9. The maximum atomic E-state index is 12.3. The third-order valence-corrected chi connectivity index (χ3v) is 6.54. The fourth-order valence-electron chi connectivity index (χ4n) is 3.93. The number of amides is 2. The lowest BCUT2D eigenvalue weighted by molar-refractivity contribution is -0.524. The van der Waals surface area contributed by atoms with Crippen molar-refractivity contribution in [2.24, 2.45) is 15.4 Å². The van der Waals surface area contributed by atoms with E-state index in [0.717, 1.165) is 0 Å². The van der Waals surface area contributed by atoms with E-state index >= 15 is 0 Å². The molecule has 3 aromatic carbocycles. The topological polar surface area (TPSA) is 265 Å². The molecule has 19 nitrogen and oxygen atoms in total. The van der Waals surface area contributed by atoms with Crippen molar-refractivity contribution in [1.29, 1.82) is 0 Å². The largest absolute Gasteiger partial charge is 0.464 e. The van der Waals surface area contributed by atoms with E-state index in [1.54, 1.807) is 87.5 Å². The summed E-state index contributed by atoms with van der Waals surface area (Å²) in [5.74, 6) is -1.54. The van der Waals surface area contributed by atoms with Gasteiger partial charge >= 0.3 is 23.9 Å². The van der Waals surface area contributed by atoms with Crippen LogP contribution in [0.4, 0.5) is 17.1 Å². The van der Waals surface area contributed by atoms with Crippen LogP contribution in [0.2, 0.25) is 0 Å². The lowest BCUT2D eigenvalue weighted by Crippen LogP contribution is -2.50. The first-order valence-electron chi connectivity index (χ1n) is 16.9. The second-order valence-electron chi connectivity index (χ2n) is 11.1. The summed E-state index contributed by atoms with van der Waals surface area (Å²) < 4.78 is 13.7. The lowest BCUT2D eigenvalue weighted by atomic mass is 9.83. The van der Waals surface area contributed by atoms with E-state index in [1.165, 1.54) is 19.9 Å². The van der Waals surface area contributed by atoms with E-state index in [9.17, 15) is 49.0 Å². The summed E-state index contributed by atoms with van der Waals surface area (Å²) in [6, 6.07) is 23.2. The van der Waals surface area contributed by atoms with Crippen molar-refractivity contribution in [3.05, 3.63) is 118 Å². The first-order valence-corrected chi connectivity index (χ1v) is 16.9. The molecule has 0 spiro atoms. The molecule has 0 saturated carbocycles. The van der Waals surface area contributed by atoms with Gasteiger partial charge in [-0.1, -0.05) is 54.6 Å². The van der Waals surface area contributed by atoms with Gasteiger partial charge in [0.25, 0.3) is 12.5 Å². The summed E-state index contributed by atoms with van der Waals surface area (Å²) >= 11 is 0. The summed E-state index contributed by atoms with van der Waals surface area (Å²) in [7, 11) is 0. The summed E-state index contributed by atoms with van der Waals surface area (Å²) in [5, 5.41) is 25.9. The van der Waals surface area contributed by atoms with Crippen LogP contribution in [0.15, 0.2) is 108 Å². The number of nitrogens with zero attached hydrogens (tertiary/aromatic N) is 4. The molecule has 2 unspecified atom stereocenters. The monoisotopic (exact) mass is 792 g/mol. The van der Waals surface area contributed by atoms with Crippen LogP contribution in [0.5, 0.6) is 0 Å². The maximum absolute atomic E-state index is 12.3. The summed E-state index contributed by atoms with van der Waals surface area (Å²) in [6.07, 6.45) is 1.46. The third kappa shape index (κ3) is 20.6. The number of para-hydroxylation sites is 3. The van der Waals surface area contributed by atoms with Crippen LogP contribution in [0.1, 0.15) is 34.6 Å². The quantitative estimate of drug-likeness (QED) is 0.0401. The Hall–Kier alpha value is -7.36. The van der Waals surface area contributed by atoms with Crippen LogP contribution < -0.4 is 10.6 Å². The average Bonchev–Trinajstić information content (AvgIpc) is 3.16. The number of carbonyl (C=O) groups is 5. The minimum Gasteiger partial charge on any atom is -0.464 e. The standard InChI is InChI=1S/C14H18N2O5.C13H14N2O3.C7H5NO.C4H7NO4/c1-4-21-12(17)11(16(19)20)14(2,3)13(18)15-10-8-6-5-7-9-10;1-3-14-11(13(17)18-4-2)12(16)15-10-8-6-5-7-9-10;9-6-8-7-4-2-1-3-5-7;1-2-9-4(6)3-5(7)8/h5-9,11H,4H2,1-3H3,(H,15,18);5-9,11H,1,4H2,2H3,(H,15,16);1-5H;2-3H2,1H3. The lowest BCUT2D eigenvalue weighted by Gasteiger charge is -2.25. The Morgan fingerprint density at radius 2 is 1.21 bits per heavy atom. The van der Waals surface area contributed by atoms with Crippen LogP contribution in [0.3, 0.4) is 0 Å². The van der Waals surface area contributed by atoms with E-state index in [1.807, 2.05) is 24.3 Å². The van der Waals surface area contributed by atoms with Gasteiger partial charge in [0.1, 0.15) is 5.41 Å². The van der Waals surface area contributed by atoms with E-state index in [-0.39, 0.29) is 19.8 Å². The SMILES string of the molecule is C=C=NC(C(=O)Nc1ccccc1)C(=O)OCC.CCOC(=O)C([N+](=O)[O-])C(C)(C)C(=O)Nc1ccccc1.CCOC(=O)C[N+](=O)[O-].O=C=Nc1ccccc1. The highest BCUT2D eigenvalue weighted by Gasteiger charge is 2.51. The van der Waals surface area contributed by atoms with Crippen molar-refractivity contribution < 1.29 is 52.8 Å². The predicted molar refractivity (Wildman–Crippen MR) is 208 cm³/mol. The molecule has 304 valence electrons. The molecule has 0 aliphatic rings. The number of esters is 3. The highest BCUT2D eigenvalue weighted by Crippen LogP contribution is 2.26. The molecule has 0 saturated heterocycles. The summed E-state index contributed by atoms with van der Waals surface area (Å²) in [4.78, 5) is 93.5. The van der Waals surface area contributed by atoms with E-state index < -0.39 is 63.6 Å². The molecule has 0 aromatic heterocycles. The van der Waals surface area contributed by atoms with Crippen molar-refractivity contribution in [2.75, 3.05) is 37.0 Å². The molecule has 0 fully saturated rings. The molecule has 19 heteroatoms. The predicted octanol–water partition coefficient (Wildman–Crippen LogP) is 4.75. The number of hydrogen-bond acceptors (Lipinski definition) is 15. The molecule has 3 rings (SSSR count). The third-order valence-electron chi connectivity index (χ3n) is 6.54. The highest BCUT2D eigenvalue weighted by atomic mass is 16.6. The number of hydrogen-bond donors (Lipinski definition) is 2. The molecule has 57 heavy (non-hydrogen) atoms. The van der Waals surface area contributed by atoms with Crippen LogP contribution in [-0.4, -0.2) is 90.0 Å². The molecule has 0 radical (unpaired) electrons. The number of carbonyl (C=O) groups excluding carboxylic acids is 6. The average molecular weight is 793 g/mol. The van der Waals surface area contributed by atoms with Gasteiger partial charge in [-0.05, 0) is 83.5 Å². The van der Waals surface area contributed by atoms with Crippen molar-refractivity contribution >= 4 is 58.7 Å². The maximum Gasteiger partial charge on any atom is 0.382 e. The first kappa shape index (κ1) is 49.6. The molecule has 3 aromatic rings. The molecule has 0 aliphatic carbocycles. The summed E-state index contributed by atoms with van der Waals surface area (Å²) in [5.41, 5.74) is 0.177. The van der Waals surface area contributed by atoms with Gasteiger partial charge in [-0.3, -0.25) is 29.8 Å². The van der Waals surface area contributed by atoms with Gasteiger partial charge in [0.2, 0.25) is 18.0 Å². The Morgan fingerprint density at radius 1 is 0.754 bits per heavy atom. The number of anilines is 2. The number of rotatable bonds is 15. The van der Waals surface area contributed by atoms with Crippen molar-refractivity contribution in [1.82, 2.24) is 0 Å². The molecule has 0 bridgehead atoms. The Morgan fingerprint density at radius 3 is 1.63 bits per heavy atom. The molecule has 2 amide bonds. The van der Waals surface area contributed by atoms with Crippen LogP contribution in [0, 0.1) is 25.6 Å². The van der Waals surface area contributed by atoms with Gasteiger partial charge in [-0.25, -0.2) is 24.2 Å². The number of benzene rings is 3. The molecule has 0 aliphatic heterocycles. The zero-order chi connectivity index (χ0) is 43.2. The minimum atomic E-state index is -1.76.